The van der Waals surface area contributed by atoms with Gasteiger partial charge in [-0.2, -0.15) is 0 Å². The van der Waals surface area contributed by atoms with Gasteiger partial charge in [-0.25, -0.2) is 0 Å². The van der Waals surface area contributed by atoms with Crippen LogP contribution in [0.25, 0.3) is 0 Å². The third-order valence-corrected chi connectivity index (χ3v) is 4.87. The molecule has 0 aliphatic carbocycles. The first-order valence-electron chi connectivity index (χ1n) is 7.91. The zero-order valence-electron chi connectivity index (χ0n) is 15.2. The van der Waals surface area contributed by atoms with Gasteiger partial charge in [-0.05, 0) is 56.4 Å². The van der Waals surface area contributed by atoms with Gasteiger partial charge < -0.3 is 0 Å². The molecule has 5 heteroatoms. The zero-order valence-corrected chi connectivity index (χ0v) is 15.2. The maximum Gasteiger partial charge on any atom is 0.232 e. The highest BCUT2D eigenvalue weighted by molar-refractivity contribution is 6.00. The van der Waals surface area contributed by atoms with E-state index in [0.717, 1.165) is 34.8 Å². The first-order chi connectivity index (χ1) is 11.1. The third-order valence-electron chi connectivity index (χ3n) is 4.87. The number of imide groups is 1. The van der Waals surface area contributed by atoms with Gasteiger partial charge in [0.15, 0.2) is 12.6 Å². The van der Waals surface area contributed by atoms with Crippen molar-refractivity contribution >= 4 is 24.4 Å². The van der Waals surface area contributed by atoms with E-state index in [9.17, 15) is 19.2 Å². The molecule has 5 nitrogen and oxygen atoms in total. The second kappa shape index (κ2) is 7.51. The summed E-state index contributed by atoms with van der Waals surface area (Å²) in [6.45, 7) is 11.4. The molecule has 0 atom stereocenters. The van der Waals surface area contributed by atoms with Gasteiger partial charge in [-0.1, -0.05) is 13.8 Å². The van der Waals surface area contributed by atoms with Crippen LogP contribution < -0.4 is 5.32 Å². The Hall–Kier alpha value is -2.30. The van der Waals surface area contributed by atoms with Crippen molar-refractivity contribution in [2.45, 2.75) is 54.4 Å². The lowest BCUT2D eigenvalue weighted by Gasteiger charge is -2.26. The molecule has 1 saturated heterocycles. The molecule has 1 aromatic rings. The minimum Gasteiger partial charge on any atom is -0.298 e. The summed E-state index contributed by atoms with van der Waals surface area (Å²) >= 11 is 0. The highest BCUT2D eigenvalue weighted by Crippen LogP contribution is 2.25. The molecule has 0 unspecified atom stereocenters. The molecular weight excluding hydrogens is 306 g/mol. The van der Waals surface area contributed by atoms with Gasteiger partial charge in [0.05, 0.1) is 0 Å². The van der Waals surface area contributed by atoms with E-state index in [-0.39, 0.29) is 17.2 Å². The average molecular weight is 331 g/mol. The number of piperidine rings is 1. The second-order valence-corrected chi connectivity index (χ2v) is 6.82. The fraction of sp³-hybridized carbons (Fsp3) is 0.474. The van der Waals surface area contributed by atoms with E-state index >= 15 is 0 Å². The van der Waals surface area contributed by atoms with Crippen LogP contribution in [0.15, 0.2) is 0 Å². The van der Waals surface area contributed by atoms with Gasteiger partial charge in [0, 0.05) is 23.0 Å². The molecule has 1 aromatic carbocycles. The third kappa shape index (κ3) is 3.96. The summed E-state index contributed by atoms with van der Waals surface area (Å²) in [6.07, 6.45) is 2.66. The fourth-order valence-electron chi connectivity index (χ4n) is 2.57. The Labute approximate surface area is 142 Å². The lowest BCUT2D eigenvalue weighted by Crippen LogP contribution is -2.45. The highest BCUT2D eigenvalue weighted by Gasteiger charge is 2.33. The minimum absolute atomic E-state index is 0.149. The molecule has 1 heterocycles. The van der Waals surface area contributed by atoms with Crippen molar-refractivity contribution in [3.05, 3.63) is 33.4 Å². The maximum atomic E-state index is 11.0. The van der Waals surface area contributed by atoms with Crippen molar-refractivity contribution in [3.8, 4) is 0 Å². The van der Waals surface area contributed by atoms with Crippen LogP contribution in [0.3, 0.4) is 0 Å². The van der Waals surface area contributed by atoms with Crippen LogP contribution in [0, 0.1) is 33.1 Å². The van der Waals surface area contributed by atoms with Crippen molar-refractivity contribution in [1.82, 2.24) is 5.32 Å². The fourth-order valence-corrected chi connectivity index (χ4v) is 2.57. The van der Waals surface area contributed by atoms with Crippen LogP contribution in [0.2, 0.25) is 0 Å². The van der Waals surface area contributed by atoms with E-state index in [2.05, 4.69) is 5.32 Å². The number of benzene rings is 1. The summed E-state index contributed by atoms with van der Waals surface area (Å²) < 4.78 is 0. The molecule has 0 saturated carbocycles. The van der Waals surface area contributed by atoms with Gasteiger partial charge in [0.1, 0.15) is 0 Å². The summed E-state index contributed by atoms with van der Waals surface area (Å²) in [6, 6.07) is 0. The standard InChI is InChI=1S/C12H14O2.C7H11NO2/c1-7-8(2)10(4)12(6-14)11(5-13)9(7)3;1-7(2)4-3-5(9)8-6(7)10/h5-6H,1-4H3;3-4H2,1-2H3,(H,8,9,10). The number of carbonyl (C=O) groups is 4. The molecule has 0 radical (unpaired) electrons. The van der Waals surface area contributed by atoms with Crippen LogP contribution in [0.4, 0.5) is 0 Å². The second-order valence-electron chi connectivity index (χ2n) is 6.82. The Morgan fingerprint density at radius 2 is 1.25 bits per heavy atom. The van der Waals surface area contributed by atoms with Gasteiger partial charge in [0.2, 0.25) is 11.8 Å². The van der Waals surface area contributed by atoms with E-state index in [4.69, 9.17) is 0 Å². The van der Waals surface area contributed by atoms with Crippen molar-refractivity contribution < 1.29 is 19.2 Å². The van der Waals surface area contributed by atoms with Gasteiger partial charge in [-0.15, -0.1) is 0 Å². The number of aldehydes is 2. The molecular formula is C19H25NO4. The lowest BCUT2D eigenvalue weighted by atomic mass is 9.84. The lowest BCUT2D eigenvalue weighted by molar-refractivity contribution is -0.140. The average Bonchev–Trinajstić information content (AvgIpc) is 2.53. The minimum atomic E-state index is -0.353. The van der Waals surface area contributed by atoms with Crippen LogP contribution in [0.1, 0.15) is 69.7 Å². The van der Waals surface area contributed by atoms with Crippen LogP contribution in [0.5, 0.6) is 0 Å². The monoisotopic (exact) mass is 331 g/mol. The number of amides is 2. The number of rotatable bonds is 2. The van der Waals surface area contributed by atoms with E-state index in [1.54, 1.807) is 0 Å². The molecule has 0 bridgehead atoms. The van der Waals surface area contributed by atoms with E-state index in [1.165, 1.54) is 0 Å². The molecule has 1 N–H and O–H groups in total. The quantitative estimate of drug-likeness (QED) is 0.667. The predicted molar refractivity (Wildman–Crippen MR) is 92.3 cm³/mol. The summed E-state index contributed by atoms with van der Waals surface area (Å²) in [5.74, 6) is -0.298. The molecule has 1 fully saturated rings. The van der Waals surface area contributed by atoms with Crippen LogP contribution >= 0.6 is 0 Å². The summed E-state index contributed by atoms with van der Waals surface area (Å²) in [5, 5.41) is 2.29. The molecule has 1 aliphatic heterocycles. The summed E-state index contributed by atoms with van der Waals surface area (Å²) in [7, 11) is 0. The first kappa shape index (κ1) is 19.7. The Bertz CT molecular complexity index is 663. The molecule has 0 spiro atoms. The van der Waals surface area contributed by atoms with E-state index < -0.39 is 0 Å². The number of nitrogens with one attached hydrogen (secondary N) is 1. The number of hydrogen-bond acceptors (Lipinski definition) is 4. The molecule has 1 aliphatic rings. The van der Waals surface area contributed by atoms with Crippen LogP contribution in [-0.4, -0.2) is 24.4 Å². The van der Waals surface area contributed by atoms with Gasteiger partial charge >= 0.3 is 0 Å². The Balaban J connectivity index is 0.000000254. The number of carbonyl (C=O) groups excluding carboxylic acids is 4. The molecule has 0 aromatic heterocycles. The number of hydrogen-bond donors (Lipinski definition) is 1. The van der Waals surface area contributed by atoms with Crippen molar-refractivity contribution in [1.29, 1.82) is 0 Å². The van der Waals surface area contributed by atoms with E-state index in [1.807, 2.05) is 41.5 Å². The van der Waals surface area contributed by atoms with Crippen molar-refractivity contribution in [2.24, 2.45) is 5.41 Å². The molecule has 130 valence electrons. The first-order valence-corrected chi connectivity index (χ1v) is 7.91. The molecule has 2 rings (SSSR count). The Morgan fingerprint density at radius 1 is 0.833 bits per heavy atom. The Morgan fingerprint density at radius 3 is 1.54 bits per heavy atom. The molecule has 2 amide bonds. The SMILES string of the molecule is CC1(C)CCC(=O)NC1=O.Cc1c(C)c(C)c(C=O)c(C=O)c1C. The topological polar surface area (TPSA) is 80.3 Å². The highest BCUT2D eigenvalue weighted by atomic mass is 16.2. The zero-order chi connectivity index (χ0) is 18.7. The van der Waals surface area contributed by atoms with E-state index in [0.29, 0.717) is 24.0 Å². The largest absolute Gasteiger partial charge is 0.298 e. The summed E-state index contributed by atoms with van der Waals surface area (Å²) in [5.41, 5.74) is 4.70. The maximum absolute atomic E-state index is 11.0. The van der Waals surface area contributed by atoms with Gasteiger partial charge in [0.25, 0.3) is 0 Å². The van der Waals surface area contributed by atoms with Crippen molar-refractivity contribution in [3.63, 3.8) is 0 Å². The summed E-state index contributed by atoms with van der Waals surface area (Å²) in [4.78, 5) is 43.4. The smallest absolute Gasteiger partial charge is 0.232 e. The van der Waals surface area contributed by atoms with Crippen LogP contribution in [-0.2, 0) is 9.59 Å². The normalized spacial score (nSPS) is 15.9. The molecule has 24 heavy (non-hydrogen) atoms. The predicted octanol–water partition coefficient (Wildman–Crippen LogP) is 2.99. The Kier molecular flexibility index (Phi) is 6.18. The van der Waals surface area contributed by atoms with Gasteiger partial charge in [-0.3, -0.25) is 24.5 Å². The van der Waals surface area contributed by atoms with Crippen molar-refractivity contribution in [2.75, 3.05) is 0 Å².